The topological polar surface area (TPSA) is 74.8 Å². The van der Waals surface area contributed by atoms with E-state index in [1.807, 2.05) is 26.0 Å². The number of H-pyrrole nitrogens is 1. The van der Waals surface area contributed by atoms with Crippen molar-refractivity contribution in [3.8, 4) is 0 Å². The number of nitrogens with zero attached hydrogens (tertiary/aromatic N) is 1. The summed E-state index contributed by atoms with van der Waals surface area (Å²) in [6, 6.07) is 5.56. The van der Waals surface area contributed by atoms with Gasteiger partial charge in [-0.1, -0.05) is 17.7 Å². The van der Waals surface area contributed by atoms with E-state index >= 15 is 0 Å². The Morgan fingerprint density at radius 2 is 1.94 bits per heavy atom. The Kier molecular flexibility index (Phi) is 3.13. The Morgan fingerprint density at radius 1 is 1.22 bits per heavy atom. The molecule has 5 nitrogen and oxygen atoms in total. The average Bonchev–Trinajstić information content (AvgIpc) is 2.69. The minimum absolute atomic E-state index is 0.169. The van der Waals surface area contributed by atoms with Crippen LogP contribution in [-0.4, -0.2) is 18.6 Å². The van der Waals surface area contributed by atoms with Crippen molar-refractivity contribution in [1.29, 1.82) is 0 Å². The van der Waals surface area contributed by atoms with Gasteiger partial charge in [-0.3, -0.25) is 9.82 Å². The molecule has 18 heavy (non-hydrogen) atoms. The van der Waals surface area contributed by atoms with Gasteiger partial charge in [0.2, 0.25) is 0 Å². The van der Waals surface area contributed by atoms with Crippen LogP contribution in [0.25, 0.3) is 0 Å². The quantitative estimate of drug-likeness (QED) is 0.892. The van der Waals surface area contributed by atoms with Gasteiger partial charge in [0.05, 0.1) is 17.6 Å². The molecular weight excluding hydrogens is 250 g/mol. The molecule has 2 N–H and O–H groups in total. The summed E-state index contributed by atoms with van der Waals surface area (Å²) in [7, 11) is -3.58. The number of hydrogen-bond donors (Lipinski definition) is 2. The van der Waals surface area contributed by atoms with Gasteiger partial charge in [-0.25, -0.2) is 8.42 Å². The summed E-state index contributed by atoms with van der Waals surface area (Å²) < 4.78 is 26.9. The molecule has 2 rings (SSSR count). The first kappa shape index (κ1) is 12.6. The van der Waals surface area contributed by atoms with Crippen LogP contribution < -0.4 is 4.72 Å². The van der Waals surface area contributed by atoms with Crippen LogP contribution in [0.1, 0.15) is 16.8 Å². The lowest BCUT2D eigenvalue weighted by atomic mass is 10.1. The second kappa shape index (κ2) is 4.45. The van der Waals surface area contributed by atoms with E-state index < -0.39 is 10.0 Å². The predicted molar refractivity (Wildman–Crippen MR) is 70.0 cm³/mol. The Bertz CT molecular complexity index is 674. The fourth-order valence-electron chi connectivity index (χ4n) is 1.74. The van der Waals surface area contributed by atoms with E-state index in [-0.39, 0.29) is 4.90 Å². The lowest BCUT2D eigenvalue weighted by Gasteiger charge is -2.10. The molecule has 0 amide bonds. The van der Waals surface area contributed by atoms with Crippen molar-refractivity contribution < 1.29 is 8.42 Å². The van der Waals surface area contributed by atoms with E-state index in [1.165, 1.54) is 6.20 Å². The van der Waals surface area contributed by atoms with Gasteiger partial charge in [-0.2, -0.15) is 5.10 Å². The minimum Gasteiger partial charge on any atom is -0.281 e. The van der Waals surface area contributed by atoms with Crippen LogP contribution in [0.4, 0.5) is 5.69 Å². The molecule has 1 aromatic carbocycles. The molecule has 0 aliphatic heterocycles. The zero-order valence-electron chi connectivity index (χ0n) is 10.5. The molecule has 0 bridgehead atoms. The Hall–Kier alpha value is -1.82. The summed E-state index contributed by atoms with van der Waals surface area (Å²) in [4.78, 5) is 0.169. The maximum Gasteiger partial charge on any atom is 0.265 e. The lowest BCUT2D eigenvalue weighted by molar-refractivity contribution is 0.600. The lowest BCUT2D eigenvalue weighted by Crippen LogP contribution is -2.14. The van der Waals surface area contributed by atoms with E-state index in [4.69, 9.17) is 0 Å². The first-order chi connectivity index (χ1) is 8.40. The van der Waals surface area contributed by atoms with Gasteiger partial charge in [-0.15, -0.1) is 0 Å². The summed E-state index contributed by atoms with van der Waals surface area (Å²) in [5, 5.41) is 6.34. The third kappa shape index (κ3) is 2.38. The standard InChI is InChI=1S/C12H15N3O2S/c1-8-4-5-11(9(2)6-8)15-18(16,17)12-7-13-14-10(12)3/h4-7,15H,1-3H3,(H,13,14). The second-order valence-electron chi connectivity index (χ2n) is 4.28. The van der Waals surface area contributed by atoms with Crippen molar-refractivity contribution >= 4 is 15.7 Å². The van der Waals surface area contributed by atoms with E-state index in [0.717, 1.165) is 11.1 Å². The summed E-state index contributed by atoms with van der Waals surface area (Å²) in [6.07, 6.45) is 1.31. The van der Waals surface area contributed by atoms with Gasteiger partial charge in [0.15, 0.2) is 0 Å². The molecule has 0 atom stereocenters. The van der Waals surface area contributed by atoms with Crippen LogP contribution in [0.5, 0.6) is 0 Å². The second-order valence-corrected chi connectivity index (χ2v) is 5.93. The first-order valence-electron chi connectivity index (χ1n) is 5.50. The van der Waals surface area contributed by atoms with Crippen molar-refractivity contribution in [2.75, 3.05) is 4.72 Å². The maximum absolute atomic E-state index is 12.1. The number of hydrogen-bond acceptors (Lipinski definition) is 3. The average molecular weight is 265 g/mol. The summed E-state index contributed by atoms with van der Waals surface area (Å²) in [6.45, 7) is 5.50. The Morgan fingerprint density at radius 3 is 2.50 bits per heavy atom. The number of aromatic nitrogens is 2. The molecule has 0 radical (unpaired) electrons. The monoisotopic (exact) mass is 265 g/mol. The number of nitrogens with one attached hydrogen (secondary N) is 2. The first-order valence-corrected chi connectivity index (χ1v) is 6.98. The molecule has 0 fully saturated rings. The van der Waals surface area contributed by atoms with Gasteiger partial charge in [0.1, 0.15) is 4.90 Å². The van der Waals surface area contributed by atoms with E-state index in [9.17, 15) is 8.42 Å². The maximum atomic E-state index is 12.1. The molecular formula is C12H15N3O2S. The highest BCUT2D eigenvalue weighted by Crippen LogP contribution is 2.21. The van der Waals surface area contributed by atoms with Crippen molar-refractivity contribution in [2.45, 2.75) is 25.7 Å². The Labute approximate surface area is 106 Å². The fraction of sp³-hybridized carbons (Fsp3) is 0.250. The van der Waals surface area contributed by atoms with E-state index in [2.05, 4.69) is 14.9 Å². The summed E-state index contributed by atoms with van der Waals surface area (Å²) in [5.74, 6) is 0. The molecule has 0 unspecified atom stereocenters. The highest BCUT2D eigenvalue weighted by molar-refractivity contribution is 7.92. The molecule has 96 valence electrons. The van der Waals surface area contributed by atoms with Crippen LogP contribution in [0.3, 0.4) is 0 Å². The van der Waals surface area contributed by atoms with Crippen LogP contribution in [0.2, 0.25) is 0 Å². The minimum atomic E-state index is -3.58. The number of benzene rings is 1. The van der Waals surface area contributed by atoms with Crippen molar-refractivity contribution in [1.82, 2.24) is 10.2 Å². The molecule has 0 saturated heterocycles. The highest BCUT2D eigenvalue weighted by Gasteiger charge is 2.19. The number of sulfonamides is 1. The molecule has 0 spiro atoms. The normalized spacial score (nSPS) is 11.5. The van der Waals surface area contributed by atoms with Crippen molar-refractivity contribution in [3.05, 3.63) is 41.2 Å². The predicted octanol–water partition coefficient (Wildman–Crippen LogP) is 2.14. The highest BCUT2D eigenvalue weighted by atomic mass is 32.2. The summed E-state index contributed by atoms with van der Waals surface area (Å²) >= 11 is 0. The van der Waals surface area contributed by atoms with E-state index in [0.29, 0.717) is 11.4 Å². The number of rotatable bonds is 3. The van der Waals surface area contributed by atoms with Crippen molar-refractivity contribution in [3.63, 3.8) is 0 Å². The van der Waals surface area contributed by atoms with Crippen LogP contribution in [-0.2, 0) is 10.0 Å². The largest absolute Gasteiger partial charge is 0.281 e. The number of aromatic amines is 1. The van der Waals surface area contributed by atoms with Gasteiger partial charge in [-0.05, 0) is 32.4 Å². The zero-order chi connectivity index (χ0) is 13.3. The molecule has 6 heteroatoms. The zero-order valence-corrected chi connectivity index (χ0v) is 11.3. The van der Waals surface area contributed by atoms with Crippen LogP contribution in [0.15, 0.2) is 29.3 Å². The third-order valence-electron chi connectivity index (χ3n) is 2.70. The van der Waals surface area contributed by atoms with Gasteiger partial charge in [0, 0.05) is 0 Å². The SMILES string of the molecule is Cc1ccc(NS(=O)(=O)c2cn[nH]c2C)c(C)c1. The van der Waals surface area contributed by atoms with Crippen LogP contribution in [0, 0.1) is 20.8 Å². The molecule has 1 heterocycles. The molecule has 1 aromatic heterocycles. The van der Waals surface area contributed by atoms with Crippen LogP contribution >= 0.6 is 0 Å². The Balaban J connectivity index is 2.37. The molecule has 2 aromatic rings. The molecule has 0 aliphatic carbocycles. The van der Waals surface area contributed by atoms with Gasteiger partial charge >= 0.3 is 0 Å². The van der Waals surface area contributed by atoms with Crippen molar-refractivity contribution in [2.24, 2.45) is 0 Å². The molecule has 0 aliphatic rings. The smallest absolute Gasteiger partial charge is 0.265 e. The summed E-state index contributed by atoms with van der Waals surface area (Å²) in [5.41, 5.74) is 3.09. The third-order valence-corrected chi connectivity index (χ3v) is 4.18. The number of aryl methyl sites for hydroxylation is 3. The number of anilines is 1. The fourth-order valence-corrected chi connectivity index (χ4v) is 3.01. The molecule has 0 saturated carbocycles. The van der Waals surface area contributed by atoms with E-state index in [1.54, 1.807) is 13.0 Å². The van der Waals surface area contributed by atoms with Gasteiger partial charge < -0.3 is 0 Å². The van der Waals surface area contributed by atoms with Gasteiger partial charge in [0.25, 0.3) is 10.0 Å².